The summed E-state index contributed by atoms with van der Waals surface area (Å²) < 4.78 is 17.4. The average molecular weight is 495 g/mol. The van der Waals surface area contributed by atoms with E-state index in [1.807, 2.05) is 13.0 Å². The van der Waals surface area contributed by atoms with Crippen molar-refractivity contribution in [3.63, 3.8) is 0 Å². The Labute approximate surface area is 210 Å². The highest BCUT2D eigenvalue weighted by atomic mass is 16.5. The molecule has 192 valence electrons. The lowest BCUT2D eigenvalue weighted by Gasteiger charge is -2.24. The molecule has 1 aliphatic rings. The zero-order chi connectivity index (χ0) is 26.4. The van der Waals surface area contributed by atoms with Gasteiger partial charge in [0, 0.05) is 29.7 Å². The maximum atomic E-state index is 13.8. The fraction of sp³-hybridized carbons (Fsp3) is 0.414. The van der Waals surface area contributed by atoms with E-state index in [-0.39, 0.29) is 45.6 Å². The molecule has 36 heavy (non-hydrogen) atoms. The standard InChI is InChI=1S/C29H34O7/c1-15(2)8-7-9-16(3)10-11-17-24-21(13-19(30)28(17)34-6)35-22-14-20-18(26(31)25(22)27(24)32)12-23(36-20)29(4,5)33/h8,10,13-14,23,30-31,33H,7,9,11-12H2,1-6H3/t23-/m1/s1. The van der Waals surface area contributed by atoms with Crippen LogP contribution in [0.5, 0.6) is 23.0 Å². The topological polar surface area (TPSA) is 109 Å². The number of phenolic OH excluding ortho intramolecular Hbond substituents is 2. The number of hydrogen-bond donors (Lipinski definition) is 3. The lowest BCUT2D eigenvalue weighted by molar-refractivity contribution is -0.0229. The van der Waals surface area contributed by atoms with Crippen molar-refractivity contribution in [3.8, 4) is 23.0 Å². The highest BCUT2D eigenvalue weighted by Gasteiger charge is 2.37. The number of hydrogen-bond acceptors (Lipinski definition) is 7. The van der Waals surface area contributed by atoms with Gasteiger partial charge in [-0.1, -0.05) is 23.3 Å². The minimum Gasteiger partial charge on any atom is -0.507 e. The lowest BCUT2D eigenvalue weighted by Crippen LogP contribution is -2.39. The van der Waals surface area contributed by atoms with E-state index < -0.39 is 17.1 Å². The Hall–Kier alpha value is -3.45. The molecule has 3 N–H and O–H groups in total. The van der Waals surface area contributed by atoms with Crippen molar-refractivity contribution in [1.29, 1.82) is 0 Å². The number of fused-ring (bicyclic) bond motifs is 3. The molecule has 1 aromatic heterocycles. The summed E-state index contributed by atoms with van der Waals surface area (Å²) in [6.45, 7) is 9.42. The van der Waals surface area contributed by atoms with Crippen LogP contribution in [0.3, 0.4) is 0 Å². The highest BCUT2D eigenvalue weighted by Crippen LogP contribution is 2.44. The summed E-state index contributed by atoms with van der Waals surface area (Å²) in [6.07, 6.45) is 6.02. The third-order valence-electron chi connectivity index (χ3n) is 6.72. The molecule has 7 heteroatoms. The molecule has 2 heterocycles. The second-order valence-corrected chi connectivity index (χ2v) is 10.3. The van der Waals surface area contributed by atoms with Gasteiger partial charge in [0.15, 0.2) is 11.5 Å². The minimum absolute atomic E-state index is 0.0412. The minimum atomic E-state index is -1.14. The SMILES string of the molecule is COc1c(O)cc2oc3cc4c(c(O)c3c(=O)c2c1CC=C(C)CCC=C(C)C)C[C@H](C(C)(C)O)O4. The Kier molecular flexibility index (Phi) is 6.80. The van der Waals surface area contributed by atoms with Crippen LogP contribution in [0, 0.1) is 0 Å². The molecule has 0 spiro atoms. The molecular weight excluding hydrogens is 460 g/mol. The van der Waals surface area contributed by atoms with Crippen LogP contribution in [-0.4, -0.2) is 34.1 Å². The summed E-state index contributed by atoms with van der Waals surface area (Å²) >= 11 is 0. The molecule has 0 saturated carbocycles. The van der Waals surface area contributed by atoms with Crippen LogP contribution in [0.15, 0.2) is 44.6 Å². The summed E-state index contributed by atoms with van der Waals surface area (Å²) in [6, 6.07) is 2.92. The molecule has 0 radical (unpaired) electrons. The van der Waals surface area contributed by atoms with Crippen LogP contribution < -0.4 is 14.9 Å². The molecule has 3 aromatic rings. The first-order chi connectivity index (χ1) is 16.9. The number of aliphatic hydroxyl groups is 1. The van der Waals surface area contributed by atoms with E-state index in [9.17, 15) is 20.1 Å². The van der Waals surface area contributed by atoms with Crippen molar-refractivity contribution in [2.75, 3.05) is 7.11 Å². The summed E-state index contributed by atoms with van der Waals surface area (Å²) in [4.78, 5) is 13.8. The number of ether oxygens (including phenoxy) is 2. The predicted octanol–water partition coefficient (Wildman–Crippen LogP) is 5.68. The first-order valence-electron chi connectivity index (χ1n) is 12.1. The van der Waals surface area contributed by atoms with E-state index in [1.165, 1.54) is 18.7 Å². The van der Waals surface area contributed by atoms with Gasteiger partial charge in [-0.25, -0.2) is 0 Å². The Bertz CT molecular complexity index is 1450. The third-order valence-corrected chi connectivity index (χ3v) is 6.72. The zero-order valence-corrected chi connectivity index (χ0v) is 21.7. The predicted molar refractivity (Wildman–Crippen MR) is 140 cm³/mol. The number of phenols is 2. The molecule has 1 atom stereocenters. The maximum Gasteiger partial charge on any atom is 0.204 e. The van der Waals surface area contributed by atoms with Crippen molar-refractivity contribution >= 4 is 21.9 Å². The van der Waals surface area contributed by atoms with Gasteiger partial charge in [-0.2, -0.15) is 0 Å². The molecule has 1 aliphatic heterocycles. The van der Waals surface area contributed by atoms with Crippen LogP contribution >= 0.6 is 0 Å². The number of allylic oxidation sites excluding steroid dienone is 4. The van der Waals surface area contributed by atoms with Crippen molar-refractivity contribution in [3.05, 3.63) is 56.8 Å². The highest BCUT2D eigenvalue weighted by molar-refractivity contribution is 5.98. The van der Waals surface area contributed by atoms with Crippen LogP contribution in [0.4, 0.5) is 0 Å². The molecular formula is C29H34O7. The monoisotopic (exact) mass is 494 g/mol. The van der Waals surface area contributed by atoms with Crippen LogP contribution in [0.25, 0.3) is 21.9 Å². The Morgan fingerprint density at radius 1 is 1.14 bits per heavy atom. The average Bonchev–Trinajstić information content (AvgIpc) is 3.22. The van der Waals surface area contributed by atoms with Gasteiger partial charge in [-0.05, 0) is 53.9 Å². The fourth-order valence-electron chi connectivity index (χ4n) is 4.68. The van der Waals surface area contributed by atoms with Crippen molar-refractivity contribution in [2.45, 2.75) is 72.0 Å². The molecule has 0 unspecified atom stereocenters. The molecule has 0 fully saturated rings. The number of rotatable bonds is 7. The number of aromatic hydroxyl groups is 2. The molecule has 0 amide bonds. The Balaban J connectivity index is 1.88. The smallest absolute Gasteiger partial charge is 0.204 e. The van der Waals surface area contributed by atoms with Gasteiger partial charge in [-0.15, -0.1) is 0 Å². The lowest BCUT2D eigenvalue weighted by atomic mass is 9.95. The molecule has 4 rings (SSSR count). The van der Waals surface area contributed by atoms with E-state index in [4.69, 9.17) is 13.9 Å². The largest absolute Gasteiger partial charge is 0.507 e. The van der Waals surface area contributed by atoms with E-state index in [0.29, 0.717) is 23.3 Å². The first kappa shape index (κ1) is 25.6. The maximum absolute atomic E-state index is 13.8. The molecule has 0 aliphatic carbocycles. The van der Waals surface area contributed by atoms with Gasteiger partial charge < -0.3 is 29.2 Å². The van der Waals surface area contributed by atoms with Crippen molar-refractivity contribution < 1.29 is 29.2 Å². The number of methoxy groups -OCH3 is 1. The quantitative estimate of drug-likeness (QED) is 0.286. The number of benzene rings is 2. The van der Waals surface area contributed by atoms with Crippen LogP contribution in [0.1, 0.15) is 58.6 Å². The van der Waals surface area contributed by atoms with Gasteiger partial charge in [0.1, 0.15) is 34.2 Å². The van der Waals surface area contributed by atoms with E-state index in [0.717, 1.165) is 18.4 Å². The van der Waals surface area contributed by atoms with Crippen LogP contribution in [-0.2, 0) is 12.8 Å². The molecule has 0 saturated heterocycles. The van der Waals surface area contributed by atoms with Gasteiger partial charge in [-0.3, -0.25) is 4.79 Å². The second kappa shape index (κ2) is 9.54. The van der Waals surface area contributed by atoms with Gasteiger partial charge in [0.05, 0.1) is 18.1 Å². The third kappa shape index (κ3) is 4.67. The summed E-state index contributed by atoms with van der Waals surface area (Å²) in [5.41, 5.74) is 2.14. The summed E-state index contributed by atoms with van der Waals surface area (Å²) in [5, 5.41) is 32.4. The molecule has 2 aromatic carbocycles. The fourth-order valence-corrected chi connectivity index (χ4v) is 4.68. The Morgan fingerprint density at radius 3 is 2.47 bits per heavy atom. The summed E-state index contributed by atoms with van der Waals surface area (Å²) in [5.74, 6) is 0.217. The van der Waals surface area contributed by atoms with Gasteiger partial charge in [0.2, 0.25) is 5.43 Å². The zero-order valence-electron chi connectivity index (χ0n) is 21.7. The summed E-state index contributed by atoms with van der Waals surface area (Å²) in [7, 11) is 1.44. The van der Waals surface area contributed by atoms with Crippen LogP contribution in [0.2, 0.25) is 0 Å². The van der Waals surface area contributed by atoms with E-state index in [2.05, 4.69) is 19.9 Å². The second-order valence-electron chi connectivity index (χ2n) is 10.3. The molecule has 0 bridgehead atoms. The van der Waals surface area contributed by atoms with Crippen molar-refractivity contribution in [2.24, 2.45) is 0 Å². The first-order valence-corrected chi connectivity index (χ1v) is 12.1. The van der Waals surface area contributed by atoms with Gasteiger partial charge in [0.25, 0.3) is 0 Å². The Morgan fingerprint density at radius 2 is 1.83 bits per heavy atom. The van der Waals surface area contributed by atoms with Crippen molar-refractivity contribution in [1.82, 2.24) is 0 Å². The molecule has 7 nitrogen and oxygen atoms in total. The van der Waals surface area contributed by atoms with E-state index in [1.54, 1.807) is 19.9 Å². The normalized spacial score (nSPS) is 15.8. The van der Waals surface area contributed by atoms with Gasteiger partial charge >= 0.3 is 0 Å². The van der Waals surface area contributed by atoms with E-state index >= 15 is 0 Å².